The molecule has 2 N–H and O–H groups in total. The van der Waals surface area contributed by atoms with Crippen LogP contribution >= 0.6 is 0 Å². The van der Waals surface area contributed by atoms with E-state index in [4.69, 9.17) is 9.47 Å². The van der Waals surface area contributed by atoms with Crippen molar-refractivity contribution in [1.82, 2.24) is 0 Å². The van der Waals surface area contributed by atoms with Crippen LogP contribution in [0.15, 0.2) is 121 Å². The van der Waals surface area contributed by atoms with Crippen LogP contribution in [0.1, 0.15) is 22.3 Å². The van der Waals surface area contributed by atoms with E-state index >= 15 is 0 Å². The zero-order valence-electron chi connectivity index (χ0n) is 18.1. The molecule has 1 aliphatic rings. The van der Waals surface area contributed by atoms with Gasteiger partial charge in [0.1, 0.15) is 30.2 Å². The topological polar surface area (TPSA) is 58.9 Å². The molecule has 0 radical (unpaired) electrons. The lowest BCUT2D eigenvalue weighted by atomic mass is 9.72. The van der Waals surface area contributed by atoms with Gasteiger partial charge in [-0.05, 0) is 22.3 Å². The third kappa shape index (κ3) is 3.67. The van der Waals surface area contributed by atoms with Gasteiger partial charge in [-0.3, -0.25) is 0 Å². The van der Waals surface area contributed by atoms with Crippen LogP contribution in [0, 0.1) is 0 Å². The van der Waals surface area contributed by atoms with Crippen LogP contribution in [-0.2, 0) is 20.7 Å². The zero-order valence-corrected chi connectivity index (χ0v) is 18.1. The summed E-state index contributed by atoms with van der Waals surface area (Å²) in [5.41, 5.74) is -0.441. The van der Waals surface area contributed by atoms with Gasteiger partial charge in [0.25, 0.3) is 0 Å². The second kappa shape index (κ2) is 8.93. The van der Waals surface area contributed by atoms with Crippen molar-refractivity contribution in [3.63, 3.8) is 0 Å². The fraction of sp³-hybridized carbons (Fsp3) is 0.172. The lowest BCUT2D eigenvalue weighted by Gasteiger charge is -2.42. The number of benzene rings is 4. The van der Waals surface area contributed by atoms with Crippen LogP contribution < -0.4 is 0 Å². The van der Waals surface area contributed by atoms with E-state index < -0.39 is 23.4 Å². The van der Waals surface area contributed by atoms with Crippen molar-refractivity contribution in [3.05, 3.63) is 144 Å². The van der Waals surface area contributed by atoms with E-state index in [1.54, 1.807) is 0 Å². The monoisotopic (exact) mass is 438 g/mol. The molecule has 0 unspecified atom stereocenters. The lowest BCUT2D eigenvalue weighted by Crippen LogP contribution is -2.54. The molecule has 0 aliphatic carbocycles. The maximum Gasteiger partial charge on any atom is 0.148 e. The zero-order chi connectivity index (χ0) is 22.7. The number of ether oxygens (including phenoxy) is 2. The molecule has 33 heavy (non-hydrogen) atoms. The van der Waals surface area contributed by atoms with E-state index in [0.29, 0.717) is 22.3 Å². The molecule has 1 aliphatic heterocycles. The molecule has 1 heterocycles. The first-order valence-corrected chi connectivity index (χ1v) is 11.0. The Morgan fingerprint density at radius 1 is 0.455 bits per heavy atom. The molecule has 166 valence electrons. The fourth-order valence-electron chi connectivity index (χ4n) is 4.80. The molecule has 0 bridgehead atoms. The average Bonchev–Trinajstić information content (AvgIpc) is 3.41. The summed E-state index contributed by atoms with van der Waals surface area (Å²) in [5.74, 6) is 0. The normalized spacial score (nSPS) is 18.8. The lowest BCUT2D eigenvalue weighted by molar-refractivity contribution is -0.110. The summed E-state index contributed by atoms with van der Waals surface area (Å²) in [4.78, 5) is 0. The van der Waals surface area contributed by atoms with Crippen molar-refractivity contribution >= 4 is 0 Å². The first-order chi connectivity index (χ1) is 16.1. The predicted octanol–water partition coefficient (Wildman–Crippen LogP) is 4.60. The van der Waals surface area contributed by atoms with Gasteiger partial charge in [-0.2, -0.15) is 0 Å². The SMILES string of the molecule is OC(c1ccccc1)(c1ccccc1)[C@H]1OCO[C@@H]1C(O)(c1ccccc1)c1ccccc1. The highest BCUT2D eigenvalue weighted by atomic mass is 16.7. The Hall–Kier alpha value is -3.28. The molecule has 4 aromatic rings. The van der Waals surface area contributed by atoms with Gasteiger partial charge < -0.3 is 19.7 Å². The Kier molecular flexibility index (Phi) is 5.83. The number of hydrogen-bond acceptors (Lipinski definition) is 4. The Morgan fingerprint density at radius 3 is 0.939 bits per heavy atom. The number of hydrogen-bond donors (Lipinski definition) is 2. The van der Waals surface area contributed by atoms with Crippen LogP contribution in [0.3, 0.4) is 0 Å². The van der Waals surface area contributed by atoms with Gasteiger partial charge in [-0.25, -0.2) is 0 Å². The van der Waals surface area contributed by atoms with E-state index in [0.717, 1.165) is 0 Å². The summed E-state index contributed by atoms with van der Waals surface area (Å²) in [6.07, 6.45) is -1.76. The largest absolute Gasteiger partial charge is 0.378 e. The summed E-state index contributed by atoms with van der Waals surface area (Å²) in [6.45, 7) is -0.0424. The molecule has 0 saturated carbocycles. The summed E-state index contributed by atoms with van der Waals surface area (Å²) in [7, 11) is 0. The Balaban J connectivity index is 1.70. The van der Waals surface area contributed by atoms with Crippen molar-refractivity contribution in [2.24, 2.45) is 0 Å². The average molecular weight is 439 g/mol. The third-order valence-electron chi connectivity index (χ3n) is 6.45. The highest BCUT2D eigenvalue weighted by molar-refractivity contribution is 5.43. The van der Waals surface area contributed by atoms with E-state index in [2.05, 4.69) is 0 Å². The molecular weight excluding hydrogens is 412 g/mol. The molecule has 0 amide bonds. The summed E-state index contributed by atoms with van der Waals surface area (Å²) < 4.78 is 12.2. The van der Waals surface area contributed by atoms with Gasteiger partial charge in [0, 0.05) is 0 Å². The second-order valence-electron chi connectivity index (χ2n) is 8.29. The predicted molar refractivity (Wildman–Crippen MR) is 126 cm³/mol. The van der Waals surface area contributed by atoms with E-state index in [1.807, 2.05) is 121 Å². The van der Waals surface area contributed by atoms with Crippen molar-refractivity contribution in [2.45, 2.75) is 23.4 Å². The van der Waals surface area contributed by atoms with Gasteiger partial charge in [0.2, 0.25) is 0 Å². The maximum atomic E-state index is 12.4. The fourth-order valence-corrected chi connectivity index (χ4v) is 4.80. The van der Waals surface area contributed by atoms with Crippen LogP contribution in [-0.4, -0.2) is 29.2 Å². The molecule has 4 aromatic carbocycles. The molecule has 4 nitrogen and oxygen atoms in total. The van der Waals surface area contributed by atoms with E-state index in [-0.39, 0.29) is 6.79 Å². The number of rotatable bonds is 6. The van der Waals surface area contributed by atoms with Gasteiger partial charge >= 0.3 is 0 Å². The Bertz CT molecular complexity index is 989. The second-order valence-corrected chi connectivity index (χ2v) is 8.29. The van der Waals surface area contributed by atoms with Gasteiger partial charge in [0.15, 0.2) is 0 Å². The molecule has 0 spiro atoms. The minimum absolute atomic E-state index is 0.0424. The van der Waals surface area contributed by atoms with Crippen molar-refractivity contribution in [1.29, 1.82) is 0 Å². The standard InChI is InChI=1S/C29H26O4/c30-28(22-13-5-1-6-14-22,23-15-7-2-8-16-23)26-27(33-21-32-26)29(31,24-17-9-3-10-18-24)25-19-11-4-12-20-25/h1-20,26-27,30-31H,21H2/t26-,27-/m0/s1. The summed E-state index contributed by atoms with van der Waals surface area (Å²) in [5, 5.41) is 24.7. The minimum Gasteiger partial charge on any atom is -0.378 e. The quantitative estimate of drug-likeness (QED) is 0.462. The van der Waals surface area contributed by atoms with Crippen LogP contribution in [0.4, 0.5) is 0 Å². The van der Waals surface area contributed by atoms with Crippen molar-refractivity contribution in [2.75, 3.05) is 6.79 Å². The van der Waals surface area contributed by atoms with Crippen molar-refractivity contribution in [3.8, 4) is 0 Å². The molecule has 2 atom stereocenters. The van der Waals surface area contributed by atoms with Gasteiger partial charge in [0.05, 0.1) is 0 Å². The molecule has 0 aromatic heterocycles. The third-order valence-corrected chi connectivity index (χ3v) is 6.45. The van der Waals surface area contributed by atoms with E-state index in [1.165, 1.54) is 0 Å². The smallest absolute Gasteiger partial charge is 0.148 e. The molecule has 1 saturated heterocycles. The van der Waals surface area contributed by atoms with E-state index in [9.17, 15) is 10.2 Å². The minimum atomic E-state index is -1.55. The van der Waals surface area contributed by atoms with Crippen LogP contribution in [0.25, 0.3) is 0 Å². The summed E-state index contributed by atoms with van der Waals surface area (Å²) in [6, 6.07) is 37.7. The maximum absolute atomic E-state index is 12.4. The highest BCUT2D eigenvalue weighted by Gasteiger charge is 2.57. The molecule has 1 fully saturated rings. The Morgan fingerprint density at radius 2 is 0.697 bits per heavy atom. The first-order valence-electron chi connectivity index (χ1n) is 11.0. The molecule has 5 rings (SSSR count). The van der Waals surface area contributed by atoms with Crippen LogP contribution in [0.2, 0.25) is 0 Å². The highest BCUT2D eigenvalue weighted by Crippen LogP contribution is 2.46. The van der Waals surface area contributed by atoms with Gasteiger partial charge in [-0.15, -0.1) is 0 Å². The first kappa shape index (κ1) is 21.6. The Labute approximate surface area is 193 Å². The van der Waals surface area contributed by atoms with Crippen molar-refractivity contribution < 1.29 is 19.7 Å². The van der Waals surface area contributed by atoms with Gasteiger partial charge in [-0.1, -0.05) is 121 Å². The van der Waals surface area contributed by atoms with Crippen LogP contribution in [0.5, 0.6) is 0 Å². The number of aliphatic hydroxyl groups is 2. The molecular formula is C29H26O4. The summed E-state index contributed by atoms with van der Waals surface area (Å²) >= 11 is 0. The molecule has 4 heteroatoms.